The maximum atomic E-state index is 6.56. The molecule has 4 N–H and O–H groups in total. The summed E-state index contributed by atoms with van der Waals surface area (Å²) in [5, 5.41) is 0.883. The van der Waals surface area contributed by atoms with Crippen LogP contribution in [0.4, 0.5) is 11.4 Å². The van der Waals surface area contributed by atoms with Crippen LogP contribution in [0.1, 0.15) is 0 Å². The summed E-state index contributed by atoms with van der Waals surface area (Å²) in [5.74, 6) is 0. The highest BCUT2D eigenvalue weighted by molar-refractivity contribution is 6.04. The van der Waals surface area contributed by atoms with Gasteiger partial charge in [-0.15, -0.1) is 0 Å². The second-order valence-electron chi connectivity index (χ2n) is 5.76. The highest BCUT2D eigenvalue weighted by Gasteiger charge is 2.16. The van der Waals surface area contributed by atoms with E-state index in [2.05, 4.69) is 24.3 Å². The fraction of sp³-hybridized carbons (Fsp3) is 0. The lowest BCUT2D eigenvalue weighted by molar-refractivity contribution is 1.39. The van der Waals surface area contributed by atoms with Gasteiger partial charge in [-0.25, -0.2) is 4.98 Å². The van der Waals surface area contributed by atoms with Gasteiger partial charge in [-0.3, -0.25) is 0 Å². The van der Waals surface area contributed by atoms with E-state index in [1.165, 1.54) is 0 Å². The number of benzene rings is 3. The Morgan fingerprint density at radius 1 is 0.667 bits per heavy atom. The lowest BCUT2D eigenvalue weighted by atomic mass is 9.95. The van der Waals surface area contributed by atoms with Crippen molar-refractivity contribution in [2.24, 2.45) is 0 Å². The highest BCUT2D eigenvalue weighted by Crippen LogP contribution is 2.39. The molecule has 1 aromatic heterocycles. The van der Waals surface area contributed by atoms with E-state index < -0.39 is 0 Å². The summed E-state index contributed by atoms with van der Waals surface area (Å²) in [4.78, 5) is 4.89. The lowest BCUT2D eigenvalue weighted by Crippen LogP contribution is -1.99. The van der Waals surface area contributed by atoms with Crippen molar-refractivity contribution in [3.63, 3.8) is 0 Å². The molecule has 0 saturated carbocycles. The number of rotatable bonds is 2. The molecule has 0 aliphatic carbocycles. The van der Waals surface area contributed by atoms with E-state index in [1.807, 2.05) is 54.6 Å². The summed E-state index contributed by atoms with van der Waals surface area (Å²) >= 11 is 0. The first-order chi connectivity index (χ1) is 11.7. The number of anilines is 2. The van der Waals surface area contributed by atoms with Gasteiger partial charge in [0.15, 0.2) is 0 Å². The smallest absolute Gasteiger partial charge is 0.0808 e. The summed E-state index contributed by atoms with van der Waals surface area (Å²) in [6, 6.07) is 25.9. The average Bonchev–Trinajstić information content (AvgIpc) is 2.63. The Morgan fingerprint density at radius 2 is 1.29 bits per heavy atom. The van der Waals surface area contributed by atoms with Gasteiger partial charge in [-0.1, -0.05) is 60.7 Å². The second kappa shape index (κ2) is 5.70. The average molecular weight is 311 g/mol. The zero-order chi connectivity index (χ0) is 16.5. The molecule has 0 aliphatic heterocycles. The third-order valence-electron chi connectivity index (χ3n) is 4.16. The van der Waals surface area contributed by atoms with Crippen molar-refractivity contribution in [3.8, 4) is 22.4 Å². The van der Waals surface area contributed by atoms with Gasteiger partial charge in [0.2, 0.25) is 0 Å². The first-order valence-corrected chi connectivity index (χ1v) is 7.83. The Kier molecular flexibility index (Phi) is 3.39. The number of hydrogen-bond acceptors (Lipinski definition) is 3. The minimum absolute atomic E-state index is 0.683. The Morgan fingerprint density at radius 3 is 1.96 bits per heavy atom. The third-order valence-corrected chi connectivity index (χ3v) is 4.16. The number of nitrogens with zero attached hydrogens (tertiary/aromatic N) is 1. The molecule has 116 valence electrons. The molecule has 0 fully saturated rings. The molecule has 3 heteroatoms. The lowest BCUT2D eigenvalue weighted by Gasteiger charge is -2.15. The van der Waals surface area contributed by atoms with Gasteiger partial charge < -0.3 is 11.5 Å². The van der Waals surface area contributed by atoms with Crippen molar-refractivity contribution < 1.29 is 0 Å². The predicted octanol–water partition coefficient (Wildman–Crippen LogP) is 4.73. The normalized spacial score (nSPS) is 10.8. The number of pyridine rings is 1. The van der Waals surface area contributed by atoms with Crippen molar-refractivity contribution >= 4 is 22.3 Å². The van der Waals surface area contributed by atoms with Crippen molar-refractivity contribution in [1.82, 2.24) is 4.98 Å². The summed E-state index contributed by atoms with van der Waals surface area (Å²) in [5.41, 5.74) is 18.7. The van der Waals surface area contributed by atoms with Gasteiger partial charge in [0.25, 0.3) is 0 Å². The number of aromatic nitrogens is 1. The van der Waals surface area contributed by atoms with E-state index in [0.717, 1.165) is 33.3 Å². The maximum Gasteiger partial charge on any atom is 0.0808 e. The Hall–Kier alpha value is -3.33. The second-order valence-corrected chi connectivity index (χ2v) is 5.76. The van der Waals surface area contributed by atoms with E-state index in [9.17, 15) is 0 Å². The molecular weight excluding hydrogens is 294 g/mol. The minimum Gasteiger partial charge on any atom is -0.399 e. The van der Waals surface area contributed by atoms with Gasteiger partial charge in [-0.05, 0) is 23.8 Å². The van der Waals surface area contributed by atoms with Gasteiger partial charge >= 0.3 is 0 Å². The zero-order valence-corrected chi connectivity index (χ0v) is 13.1. The fourth-order valence-electron chi connectivity index (χ4n) is 3.01. The van der Waals surface area contributed by atoms with Gasteiger partial charge in [0, 0.05) is 22.2 Å². The largest absolute Gasteiger partial charge is 0.399 e. The van der Waals surface area contributed by atoms with Gasteiger partial charge in [0.1, 0.15) is 0 Å². The summed E-state index contributed by atoms with van der Waals surface area (Å²) in [7, 11) is 0. The Balaban J connectivity index is 2.12. The molecule has 3 aromatic carbocycles. The molecule has 0 aliphatic rings. The molecule has 4 rings (SSSR count). The van der Waals surface area contributed by atoms with Crippen LogP contribution in [0.2, 0.25) is 0 Å². The summed E-state index contributed by atoms with van der Waals surface area (Å²) in [6.45, 7) is 0. The molecule has 0 spiro atoms. The third kappa shape index (κ3) is 2.36. The van der Waals surface area contributed by atoms with Crippen molar-refractivity contribution in [2.45, 2.75) is 0 Å². The minimum atomic E-state index is 0.683. The van der Waals surface area contributed by atoms with Crippen LogP contribution >= 0.6 is 0 Å². The van der Waals surface area contributed by atoms with Gasteiger partial charge in [0.05, 0.1) is 16.9 Å². The maximum absolute atomic E-state index is 6.56. The standard InChI is InChI=1S/C21H17N3/c22-16-11-12-18-17(13-16)20(23)19(14-7-3-1-4-8-14)21(24-18)15-9-5-2-6-10-15/h1-13H,22H2,(H2,23,24). The van der Waals surface area contributed by atoms with Crippen LogP contribution in [0.3, 0.4) is 0 Å². The van der Waals surface area contributed by atoms with E-state index in [4.69, 9.17) is 16.5 Å². The van der Waals surface area contributed by atoms with E-state index in [0.29, 0.717) is 11.4 Å². The summed E-state index contributed by atoms with van der Waals surface area (Å²) < 4.78 is 0. The molecule has 0 atom stereocenters. The molecule has 3 nitrogen and oxygen atoms in total. The summed E-state index contributed by atoms with van der Waals surface area (Å²) in [6.07, 6.45) is 0. The first-order valence-electron chi connectivity index (χ1n) is 7.83. The van der Waals surface area contributed by atoms with Crippen LogP contribution in [0.25, 0.3) is 33.3 Å². The highest BCUT2D eigenvalue weighted by atomic mass is 14.7. The molecule has 4 aromatic rings. The van der Waals surface area contributed by atoms with Crippen LogP contribution in [0, 0.1) is 0 Å². The van der Waals surface area contributed by atoms with Crippen LogP contribution < -0.4 is 11.5 Å². The quantitative estimate of drug-likeness (QED) is 0.526. The zero-order valence-electron chi connectivity index (χ0n) is 13.1. The Bertz CT molecular complexity index is 1010. The topological polar surface area (TPSA) is 64.9 Å². The molecule has 0 bridgehead atoms. The van der Waals surface area contributed by atoms with Crippen molar-refractivity contribution in [3.05, 3.63) is 78.9 Å². The fourth-order valence-corrected chi connectivity index (χ4v) is 3.01. The van der Waals surface area contributed by atoms with Crippen molar-refractivity contribution in [2.75, 3.05) is 11.5 Å². The van der Waals surface area contributed by atoms with Crippen LogP contribution in [0.15, 0.2) is 78.9 Å². The van der Waals surface area contributed by atoms with E-state index in [-0.39, 0.29) is 0 Å². The van der Waals surface area contributed by atoms with Crippen LogP contribution in [-0.4, -0.2) is 4.98 Å². The van der Waals surface area contributed by atoms with Gasteiger partial charge in [-0.2, -0.15) is 0 Å². The van der Waals surface area contributed by atoms with Crippen LogP contribution in [0.5, 0.6) is 0 Å². The number of nitrogen functional groups attached to an aromatic ring is 2. The Labute approximate surface area is 140 Å². The molecule has 1 heterocycles. The number of fused-ring (bicyclic) bond motifs is 1. The molecular formula is C21H17N3. The van der Waals surface area contributed by atoms with E-state index >= 15 is 0 Å². The molecule has 0 radical (unpaired) electrons. The molecule has 0 amide bonds. The molecule has 0 saturated heterocycles. The van der Waals surface area contributed by atoms with Crippen LogP contribution in [-0.2, 0) is 0 Å². The molecule has 0 unspecified atom stereocenters. The van der Waals surface area contributed by atoms with Crippen molar-refractivity contribution in [1.29, 1.82) is 0 Å². The number of nitrogens with two attached hydrogens (primary N) is 2. The SMILES string of the molecule is Nc1ccc2nc(-c3ccccc3)c(-c3ccccc3)c(N)c2c1. The predicted molar refractivity (Wildman–Crippen MR) is 101 cm³/mol. The monoisotopic (exact) mass is 311 g/mol. The first kappa shape index (κ1) is 14.3. The van der Waals surface area contributed by atoms with E-state index in [1.54, 1.807) is 0 Å². The molecule has 24 heavy (non-hydrogen) atoms. The number of hydrogen-bond donors (Lipinski definition) is 2.